The first-order chi connectivity index (χ1) is 8.49. The average Bonchev–Trinajstić information content (AvgIpc) is 2.85. The Kier molecular flexibility index (Phi) is 3.22. The molecule has 18 heavy (non-hydrogen) atoms. The van der Waals surface area contributed by atoms with E-state index < -0.39 is 0 Å². The van der Waals surface area contributed by atoms with Gasteiger partial charge in [-0.05, 0) is 6.42 Å². The number of nitrogens with one attached hydrogen (secondary N) is 1. The predicted molar refractivity (Wildman–Crippen MR) is 65.7 cm³/mol. The summed E-state index contributed by atoms with van der Waals surface area (Å²) in [6.45, 7) is 2.61. The molecule has 2 rings (SSSR count). The van der Waals surface area contributed by atoms with Crippen molar-refractivity contribution in [1.82, 2.24) is 20.0 Å². The highest BCUT2D eigenvalue weighted by molar-refractivity contribution is 5.97. The fourth-order valence-electron chi connectivity index (χ4n) is 2.22. The van der Waals surface area contributed by atoms with E-state index in [0.717, 1.165) is 6.42 Å². The highest BCUT2D eigenvalue weighted by atomic mass is 16.2. The second-order valence-electron chi connectivity index (χ2n) is 4.51. The summed E-state index contributed by atoms with van der Waals surface area (Å²) in [4.78, 5) is 24.9. The summed E-state index contributed by atoms with van der Waals surface area (Å²) in [6, 6.07) is 0.0286. The molecule has 0 bridgehead atoms. The molecule has 1 aromatic rings. The van der Waals surface area contributed by atoms with Crippen LogP contribution in [0.2, 0.25) is 0 Å². The number of nitrogens with two attached hydrogens (primary N) is 1. The number of carbonyl (C=O) groups excluding carboxylic acids is 2. The van der Waals surface area contributed by atoms with Crippen LogP contribution in [0.15, 0.2) is 6.20 Å². The summed E-state index contributed by atoms with van der Waals surface area (Å²) in [5.74, 6) is -0.213. The molecule has 1 atom stereocenters. The fraction of sp³-hybridized carbons (Fsp3) is 0.545. The van der Waals surface area contributed by atoms with Crippen molar-refractivity contribution < 1.29 is 9.59 Å². The maximum Gasteiger partial charge on any atom is 0.274 e. The first-order valence-electron chi connectivity index (χ1n) is 5.83. The van der Waals surface area contributed by atoms with Crippen LogP contribution < -0.4 is 11.1 Å². The van der Waals surface area contributed by atoms with Crippen molar-refractivity contribution in [2.24, 2.45) is 7.05 Å². The van der Waals surface area contributed by atoms with Gasteiger partial charge in [0.15, 0.2) is 0 Å². The van der Waals surface area contributed by atoms with Crippen molar-refractivity contribution in [2.45, 2.75) is 19.4 Å². The zero-order valence-electron chi connectivity index (χ0n) is 10.5. The van der Waals surface area contributed by atoms with Crippen LogP contribution in [0.25, 0.3) is 0 Å². The van der Waals surface area contributed by atoms with Crippen molar-refractivity contribution in [1.29, 1.82) is 0 Å². The number of hydrogen-bond donors (Lipinski definition) is 2. The summed E-state index contributed by atoms with van der Waals surface area (Å²) in [7, 11) is 1.69. The molecule has 0 radical (unpaired) electrons. The van der Waals surface area contributed by atoms with Crippen LogP contribution in [-0.4, -0.2) is 45.6 Å². The predicted octanol–water partition coefficient (Wildman–Crippen LogP) is -0.647. The van der Waals surface area contributed by atoms with Gasteiger partial charge in [0.1, 0.15) is 5.69 Å². The third-order valence-electron chi connectivity index (χ3n) is 3.05. The lowest BCUT2D eigenvalue weighted by Crippen LogP contribution is -2.37. The fourth-order valence-corrected chi connectivity index (χ4v) is 2.22. The lowest BCUT2D eigenvalue weighted by Gasteiger charge is -2.17. The molecule has 1 aromatic heterocycles. The van der Waals surface area contributed by atoms with E-state index in [0.29, 0.717) is 24.5 Å². The molecule has 2 amide bonds. The Morgan fingerprint density at radius 1 is 1.56 bits per heavy atom. The summed E-state index contributed by atoms with van der Waals surface area (Å²) in [5.41, 5.74) is 6.51. The van der Waals surface area contributed by atoms with E-state index in [-0.39, 0.29) is 17.9 Å². The van der Waals surface area contributed by atoms with E-state index >= 15 is 0 Å². The van der Waals surface area contributed by atoms with E-state index in [9.17, 15) is 9.59 Å². The van der Waals surface area contributed by atoms with Gasteiger partial charge in [0.2, 0.25) is 5.91 Å². The zero-order valence-corrected chi connectivity index (χ0v) is 10.5. The summed E-state index contributed by atoms with van der Waals surface area (Å²) < 4.78 is 1.48. The number of hydrogen-bond acceptors (Lipinski definition) is 4. The molecule has 0 aromatic carbocycles. The number of rotatable bonds is 2. The van der Waals surface area contributed by atoms with E-state index in [1.807, 2.05) is 0 Å². The van der Waals surface area contributed by atoms with Crippen molar-refractivity contribution in [3.05, 3.63) is 11.9 Å². The second kappa shape index (κ2) is 4.67. The SMILES string of the molecule is CC(=O)NC1CCN(C(=O)c2c(N)cnn2C)C1. The minimum atomic E-state index is -0.139. The Hall–Kier alpha value is -2.05. The Bertz CT molecular complexity index is 462. The van der Waals surface area contributed by atoms with Gasteiger partial charge in [0, 0.05) is 33.1 Å². The summed E-state index contributed by atoms with van der Waals surface area (Å²) >= 11 is 0. The second-order valence-corrected chi connectivity index (χ2v) is 4.51. The molecule has 1 saturated heterocycles. The third kappa shape index (κ3) is 2.29. The molecule has 98 valence electrons. The first kappa shape index (κ1) is 12.4. The number of amides is 2. The van der Waals surface area contributed by atoms with Gasteiger partial charge in [-0.25, -0.2) is 0 Å². The van der Waals surface area contributed by atoms with Crippen LogP contribution in [0.1, 0.15) is 23.8 Å². The Morgan fingerprint density at radius 2 is 2.28 bits per heavy atom. The third-order valence-corrected chi connectivity index (χ3v) is 3.05. The number of anilines is 1. The minimum Gasteiger partial charge on any atom is -0.396 e. The zero-order chi connectivity index (χ0) is 13.3. The molecule has 0 aliphatic carbocycles. The number of aryl methyl sites for hydroxylation is 1. The highest BCUT2D eigenvalue weighted by Gasteiger charge is 2.29. The molecule has 1 aliphatic heterocycles. The van der Waals surface area contributed by atoms with Crippen LogP contribution in [0, 0.1) is 0 Å². The quantitative estimate of drug-likeness (QED) is 0.730. The van der Waals surface area contributed by atoms with Crippen LogP contribution in [-0.2, 0) is 11.8 Å². The smallest absolute Gasteiger partial charge is 0.274 e. The highest BCUT2D eigenvalue weighted by Crippen LogP contribution is 2.17. The molecule has 1 unspecified atom stereocenters. The van der Waals surface area contributed by atoms with E-state index in [2.05, 4.69) is 10.4 Å². The van der Waals surface area contributed by atoms with Crippen molar-refractivity contribution in [3.8, 4) is 0 Å². The van der Waals surface area contributed by atoms with Gasteiger partial charge in [-0.1, -0.05) is 0 Å². The molecular weight excluding hydrogens is 234 g/mol. The topological polar surface area (TPSA) is 93.2 Å². The average molecular weight is 251 g/mol. The van der Waals surface area contributed by atoms with Gasteiger partial charge >= 0.3 is 0 Å². The molecule has 0 saturated carbocycles. The van der Waals surface area contributed by atoms with Crippen LogP contribution in [0.4, 0.5) is 5.69 Å². The largest absolute Gasteiger partial charge is 0.396 e. The summed E-state index contributed by atoms with van der Waals surface area (Å²) in [5, 5.41) is 6.77. The molecule has 1 aliphatic rings. The number of aromatic nitrogens is 2. The van der Waals surface area contributed by atoms with Crippen LogP contribution >= 0.6 is 0 Å². The van der Waals surface area contributed by atoms with Crippen molar-refractivity contribution >= 4 is 17.5 Å². The molecule has 1 fully saturated rings. The Morgan fingerprint density at radius 3 is 2.83 bits per heavy atom. The number of carbonyl (C=O) groups is 2. The van der Waals surface area contributed by atoms with Gasteiger partial charge in [0.05, 0.1) is 11.9 Å². The van der Waals surface area contributed by atoms with Gasteiger partial charge in [-0.2, -0.15) is 5.10 Å². The minimum absolute atomic E-state index is 0.0286. The molecular formula is C11H17N5O2. The molecule has 2 heterocycles. The molecule has 7 heteroatoms. The molecule has 0 spiro atoms. The monoisotopic (exact) mass is 251 g/mol. The van der Waals surface area contributed by atoms with E-state index in [4.69, 9.17) is 5.73 Å². The lowest BCUT2D eigenvalue weighted by molar-refractivity contribution is -0.119. The van der Waals surface area contributed by atoms with Gasteiger partial charge < -0.3 is 16.0 Å². The number of nitrogen functional groups attached to an aromatic ring is 1. The standard InChI is InChI=1S/C11H17N5O2/c1-7(17)14-8-3-4-16(6-8)11(18)10-9(12)5-13-15(10)2/h5,8H,3-4,6,12H2,1-2H3,(H,14,17). The number of likely N-dealkylation sites (tertiary alicyclic amines) is 1. The van der Waals surface area contributed by atoms with E-state index in [1.54, 1.807) is 11.9 Å². The normalized spacial score (nSPS) is 19.0. The van der Waals surface area contributed by atoms with Crippen molar-refractivity contribution in [2.75, 3.05) is 18.8 Å². The molecule has 3 N–H and O–H groups in total. The Balaban J connectivity index is 2.06. The van der Waals surface area contributed by atoms with Gasteiger partial charge in [-0.15, -0.1) is 0 Å². The maximum absolute atomic E-state index is 12.3. The lowest BCUT2D eigenvalue weighted by atomic mass is 10.2. The number of nitrogens with zero attached hydrogens (tertiary/aromatic N) is 3. The Labute approximate surface area is 105 Å². The first-order valence-corrected chi connectivity index (χ1v) is 5.83. The van der Waals surface area contributed by atoms with Gasteiger partial charge in [-0.3, -0.25) is 14.3 Å². The van der Waals surface area contributed by atoms with Crippen LogP contribution in [0.5, 0.6) is 0 Å². The maximum atomic E-state index is 12.3. The molecule has 7 nitrogen and oxygen atoms in total. The van der Waals surface area contributed by atoms with Gasteiger partial charge in [0.25, 0.3) is 5.91 Å². The van der Waals surface area contributed by atoms with Crippen molar-refractivity contribution in [3.63, 3.8) is 0 Å². The summed E-state index contributed by atoms with van der Waals surface area (Å²) in [6.07, 6.45) is 2.23. The van der Waals surface area contributed by atoms with Crippen LogP contribution in [0.3, 0.4) is 0 Å². The van der Waals surface area contributed by atoms with E-state index in [1.165, 1.54) is 17.8 Å².